The number of rotatable bonds is 8. The van der Waals surface area contributed by atoms with Gasteiger partial charge < -0.3 is 10.2 Å². The molecular formula is C23H33FN6O3S. The first-order valence-electron chi connectivity index (χ1n) is 11.8. The molecule has 0 bridgehead atoms. The maximum absolute atomic E-state index is 13.4. The highest BCUT2D eigenvalue weighted by Gasteiger charge is 2.43. The van der Waals surface area contributed by atoms with Crippen LogP contribution in [0.3, 0.4) is 0 Å². The lowest BCUT2D eigenvalue weighted by molar-refractivity contribution is -0.136. The first-order valence-corrected chi connectivity index (χ1v) is 13.7. The molecule has 1 amide bonds. The number of sulfonamides is 1. The van der Waals surface area contributed by atoms with Crippen molar-refractivity contribution in [3.63, 3.8) is 0 Å². The van der Waals surface area contributed by atoms with E-state index in [-0.39, 0.29) is 23.6 Å². The highest BCUT2D eigenvalue weighted by Crippen LogP contribution is 2.44. The Labute approximate surface area is 200 Å². The minimum Gasteiger partial charge on any atom is -0.341 e. The van der Waals surface area contributed by atoms with Crippen molar-refractivity contribution in [3.05, 3.63) is 48.3 Å². The first-order chi connectivity index (χ1) is 16.2. The van der Waals surface area contributed by atoms with Gasteiger partial charge in [-0.2, -0.15) is 5.10 Å². The van der Waals surface area contributed by atoms with Crippen LogP contribution in [-0.2, 0) is 27.8 Å². The van der Waals surface area contributed by atoms with Crippen molar-refractivity contribution < 1.29 is 17.6 Å². The van der Waals surface area contributed by atoms with Crippen LogP contribution in [0.15, 0.2) is 36.9 Å². The van der Waals surface area contributed by atoms with Gasteiger partial charge in [-0.15, -0.1) is 0 Å². The second-order valence-electron chi connectivity index (χ2n) is 9.58. The molecule has 3 heterocycles. The van der Waals surface area contributed by atoms with Crippen molar-refractivity contribution >= 4 is 15.9 Å². The fourth-order valence-electron chi connectivity index (χ4n) is 5.45. The van der Waals surface area contributed by atoms with Gasteiger partial charge >= 0.3 is 0 Å². The van der Waals surface area contributed by atoms with E-state index in [2.05, 4.69) is 20.1 Å². The zero-order valence-corrected chi connectivity index (χ0v) is 20.3. The normalized spacial score (nSPS) is 20.2. The number of benzene rings is 1. The lowest BCUT2D eigenvalue weighted by Gasteiger charge is -2.48. The Morgan fingerprint density at radius 2 is 1.91 bits per heavy atom. The van der Waals surface area contributed by atoms with Gasteiger partial charge in [0.05, 0.1) is 6.26 Å². The summed E-state index contributed by atoms with van der Waals surface area (Å²) in [5.41, 5.74) is 0.715. The van der Waals surface area contributed by atoms with E-state index in [1.165, 1.54) is 12.1 Å². The number of hydrogen-bond donors (Lipinski definition) is 2. The molecule has 1 atom stereocenters. The number of nitrogens with zero attached hydrogens (tertiary/aromatic N) is 4. The summed E-state index contributed by atoms with van der Waals surface area (Å²) in [5.74, 6) is -0.0888. The lowest BCUT2D eigenvalue weighted by Crippen LogP contribution is -2.55. The van der Waals surface area contributed by atoms with Crippen molar-refractivity contribution in [3.8, 4) is 0 Å². The topological polar surface area (TPSA) is 109 Å². The van der Waals surface area contributed by atoms with E-state index < -0.39 is 16.1 Å². The summed E-state index contributed by atoms with van der Waals surface area (Å²) >= 11 is 0. The third kappa shape index (κ3) is 6.19. The van der Waals surface area contributed by atoms with Crippen molar-refractivity contribution in [2.24, 2.45) is 11.3 Å². The summed E-state index contributed by atoms with van der Waals surface area (Å²) in [6, 6.07) is 4.86. The van der Waals surface area contributed by atoms with E-state index in [9.17, 15) is 17.6 Å². The number of nitrogens with one attached hydrogen (secondary N) is 2. The molecule has 2 saturated heterocycles. The molecule has 0 radical (unpaired) electrons. The maximum atomic E-state index is 13.4. The number of piperidine rings is 2. The van der Waals surface area contributed by atoms with Crippen LogP contribution in [0, 0.1) is 17.2 Å². The van der Waals surface area contributed by atoms with Gasteiger partial charge in [0, 0.05) is 19.6 Å². The standard InChI is InChI=1S/C23H33FN6O3S/c1-34(32,33)28-21(14-18-2-4-20(24)5-3-18)22(31)29-12-8-23(9-13-29,15-30-17-26-16-27-30)19-6-10-25-11-7-19/h2-5,16-17,19,21,25,28H,6-15H2,1H3/t21-/m1/s1. The van der Waals surface area contributed by atoms with Crippen molar-refractivity contribution in [2.45, 2.75) is 44.7 Å². The molecule has 11 heteroatoms. The number of halogens is 1. The fourth-order valence-corrected chi connectivity index (χ4v) is 6.15. The Bertz CT molecular complexity index is 1050. The number of amides is 1. The van der Waals surface area contributed by atoms with Gasteiger partial charge in [0.15, 0.2) is 0 Å². The molecule has 1 aromatic heterocycles. The highest BCUT2D eigenvalue weighted by atomic mass is 32.2. The summed E-state index contributed by atoms with van der Waals surface area (Å²) in [4.78, 5) is 19.3. The van der Waals surface area contributed by atoms with Crippen LogP contribution in [0.2, 0.25) is 0 Å². The predicted molar refractivity (Wildman–Crippen MR) is 126 cm³/mol. The summed E-state index contributed by atoms with van der Waals surface area (Å²) in [6.45, 7) is 3.86. The molecule has 0 spiro atoms. The summed E-state index contributed by atoms with van der Waals surface area (Å²) in [5, 5.41) is 7.76. The molecule has 0 saturated carbocycles. The lowest BCUT2D eigenvalue weighted by atomic mass is 9.65. The Hall–Kier alpha value is -2.37. The molecule has 0 unspecified atom stereocenters. The minimum atomic E-state index is -3.61. The number of hydrogen-bond acceptors (Lipinski definition) is 6. The molecule has 186 valence electrons. The summed E-state index contributed by atoms with van der Waals surface area (Å²) in [7, 11) is -3.61. The van der Waals surface area contributed by atoms with Gasteiger partial charge in [-0.1, -0.05) is 12.1 Å². The molecule has 2 aromatic rings. The maximum Gasteiger partial charge on any atom is 0.241 e. The molecule has 0 aliphatic carbocycles. The zero-order chi connectivity index (χ0) is 24.2. The average Bonchev–Trinajstić information content (AvgIpc) is 3.33. The van der Waals surface area contributed by atoms with Gasteiger partial charge in [0.1, 0.15) is 24.5 Å². The van der Waals surface area contributed by atoms with Gasteiger partial charge in [0.2, 0.25) is 15.9 Å². The number of carbonyl (C=O) groups excluding carboxylic acids is 1. The van der Waals surface area contributed by atoms with E-state index in [0.717, 1.165) is 51.6 Å². The van der Waals surface area contributed by atoms with Crippen LogP contribution in [0.25, 0.3) is 0 Å². The van der Waals surface area contributed by atoms with E-state index in [1.807, 2.05) is 4.68 Å². The Kier molecular flexibility index (Phi) is 7.63. The largest absolute Gasteiger partial charge is 0.341 e. The van der Waals surface area contributed by atoms with E-state index in [4.69, 9.17) is 0 Å². The molecule has 34 heavy (non-hydrogen) atoms. The number of likely N-dealkylation sites (tertiary alicyclic amines) is 1. The van der Waals surface area contributed by atoms with Crippen LogP contribution in [0.1, 0.15) is 31.2 Å². The molecule has 2 aliphatic heterocycles. The molecule has 4 rings (SSSR count). The second-order valence-corrected chi connectivity index (χ2v) is 11.4. The molecule has 2 fully saturated rings. The monoisotopic (exact) mass is 492 g/mol. The SMILES string of the molecule is CS(=O)(=O)N[C@H](Cc1ccc(F)cc1)C(=O)N1CCC(Cn2cncn2)(C2CCNCC2)CC1. The van der Waals surface area contributed by atoms with Gasteiger partial charge in [-0.05, 0) is 74.2 Å². The van der Waals surface area contributed by atoms with Gasteiger partial charge in [-0.25, -0.2) is 22.5 Å². The average molecular weight is 493 g/mol. The Balaban J connectivity index is 1.48. The molecule has 1 aromatic carbocycles. The van der Waals surface area contributed by atoms with Crippen LogP contribution in [-0.4, -0.2) is 72.5 Å². The van der Waals surface area contributed by atoms with Crippen molar-refractivity contribution in [1.29, 1.82) is 0 Å². The van der Waals surface area contributed by atoms with E-state index >= 15 is 0 Å². The molecular weight excluding hydrogens is 459 g/mol. The molecule has 2 N–H and O–H groups in total. The Morgan fingerprint density at radius 1 is 1.24 bits per heavy atom. The Morgan fingerprint density at radius 3 is 2.50 bits per heavy atom. The summed E-state index contributed by atoms with van der Waals surface area (Å²) in [6.07, 6.45) is 8.34. The zero-order valence-electron chi connectivity index (χ0n) is 19.5. The van der Waals surface area contributed by atoms with Crippen LogP contribution < -0.4 is 10.0 Å². The van der Waals surface area contributed by atoms with Crippen molar-refractivity contribution in [2.75, 3.05) is 32.4 Å². The molecule has 9 nitrogen and oxygen atoms in total. The fraction of sp³-hybridized carbons (Fsp3) is 0.609. The van der Waals surface area contributed by atoms with E-state index in [1.54, 1.807) is 29.7 Å². The highest BCUT2D eigenvalue weighted by molar-refractivity contribution is 7.88. The predicted octanol–water partition coefficient (Wildman–Crippen LogP) is 1.19. The second kappa shape index (κ2) is 10.5. The third-order valence-electron chi connectivity index (χ3n) is 7.23. The van der Waals surface area contributed by atoms with Crippen LogP contribution in [0.4, 0.5) is 4.39 Å². The quantitative estimate of drug-likeness (QED) is 0.573. The minimum absolute atomic E-state index is 0.0172. The molecule has 2 aliphatic rings. The summed E-state index contributed by atoms with van der Waals surface area (Å²) < 4.78 is 41.7. The first kappa shape index (κ1) is 24.7. The van der Waals surface area contributed by atoms with Gasteiger partial charge in [-0.3, -0.25) is 9.48 Å². The smallest absolute Gasteiger partial charge is 0.241 e. The van der Waals surface area contributed by atoms with Crippen molar-refractivity contribution in [1.82, 2.24) is 29.7 Å². The third-order valence-corrected chi connectivity index (χ3v) is 7.94. The van der Waals surface area contributed by atoms with E-state index in [0.29, 0.717) is 24.6 Å². The van der Waals surface area contributed by atoms with Crippen LogP contribution in [0.5, 0.6) is 0 Å². The van der Waals surface area contributed by atoms with Gasteiger partial charge in [0.25, 0.3) is 0 Å². The number of carbonyl (C=O) groups is 1. The number of aromatic nitrogens is 3. The van der Waals surface area contributed by atoms with Crippen LogP contribution >= 0.6 is 0 Å².